The third-order valence-electron chi connectivity index (χ3n) is 5.86. The van der Waals surface area contributed by atoms with Gasteiger partial charge in [-0.1, -0.05) is 24.3 Å². The highest BCUT2D eigenvalue weighted by Crippen LogP contribution is 2.29. The minimum atomic E-state index is -0.167. The molecule has 7 heteroatoms. The summed E-state index contributed by atoms with van der Waals surface area (Å²) >= 11 is 0. The zero-order chi connectivity index (χ0) is 23.8. The average Bonchev–Trinajstić information content (AvgIpc) is 3.48. The molecule has 0 bridgehead atoms. The van der Waals surface area contributed by atoms with Crippen LogP contribution < -0.4 is 10.4 Å². The normalized spacial score (nSPS) is 11.1. The van der Waals surface area contributed by atoms with Gasteiger partial charge in [0.05, 0.1) is 17.1 Å². The van der Waals surface area contributed by atoms with E-state index < -0.39 is 0 Å². The lowest BCUT2D eigenvalue weighted by molar-refractivity contribution is 0.482. The summed E-state index contributed by atoms with van der Waals surface area (Å²) in [5, 5.41) is 1.03. The first-order chi connectivity index (χ1) is 17.2. The fourth-order valence-electron chi connectivity index (χ4n) is 4.15. The number of aromatic amines is 1. The van der Waals surface area contributed by atoms with Gasteiger partial charge in [0.15, 0.2) is 0 Å². The van der Waals surface area contributed by atoms with Gasteiger partial charge < -0.3 is 14.3 Å². The molecule has 0 saturated carbocycles. The van der Waals surface area contributed by atoms with E-state index in [9.17, 15) is 4.79 Å². The zero-order valence-corrected chi connectivity index (χ0v) is 18.9. The molecule has 4 heterocycles. The molecule has 0 unspecified atom stereocenters. The molecule has 0 aliphatic carbocycles. The van der Waals surface area contributed by atoms with Crippen molar-refractivity contribution < 1.29 is 4.74 Å². The van der Waals surface area contributed by atoms with Gasteiger partial charge >= 0.3 is 5.69 Å². The number of benzene rings is 2. The Morgan fingerprint density at radius 2 is 1.71 bits per heavy atom. The largest absolute Gasteiger partial charge is 0.457 e. The van der Waals surface area contributed by atoms with Gasteiger partial charge in [0.25, 0.3) is 0 Å². The molecule has 170 valence electrons. The smallest absolute Gasteiger partial charge is 0.333 e. The van der Waals surface area contributed by atoms with Gasteiger partial charge in [-0.05, 0) is 54.1 Å². The summed E-state index contributed by atoms with van der Waals surface area (Å²) in [6.07, 6.45) is 7.26. The van der Waals surface area contributed by atoms with Crippen molar-refractivity contribution >= 4 is 11.0 Å². The van der Waals surface area contributed by atoms with Crippen LogP contribution in [0.4, 0.5) is 0 Å². The van der Waals surface area contributed by atoms with Gasteiger partial charge in [0.1, 0.15) is 17.1 Å². The summed E-state index contributed by atoms with van der Waals surface area (Å²) in [6, 6.07) is 25.0. The number of imidazole rings is 1. The molecular weight excluding hydrogens is 438 g/mol. The second-order valence-corrected chi connectivity index (χ2v) is 8.22. The Hall–Kier alpha value is -4.91. The molecule has 0 atom stereocenters. The molecular formula is C28H21N5O2. The van der Waals surface area contributed by atoms with Gasteiger partial charge in [-0.2, -0.15) is 0 Å². The maximum Gasteiger partial charge on any atom is 0.333 e. The standard InChI is InChI=1S/C28H21N5O2/c1-32-18-26(25-15-19(10-12-29-25)21-14-20-11-13-30-27(20)31-17-21)33(28(32)34)22-6-5-9-24(16-22)35-23-7-3-2-4-8-23/h2-18H,1H3,(H,30,31). The topological polar surface area (TPSA) is 77.7 Å². The van der Waals surface area contributed by atoms with Crippen LogP contribution in [-0.2, 0) is 7.05 Å². The van der Waals surface area contributed by atoms with Crippen molar-refractivity contribution in [1.29, 1.82) is 0 Å². The second kappa shape index (κ2) is 8.46. The van der Waals surface area contributed by atoms with Gasteiger partial charge in [0.2, 0.25) is 0 Å². The first-order valence-electron chi connectivity index (χ1n) is 11.2. The predicted octanol–water partition coefficient (Wildman–Crippen LogP) is 5.57. The molecule has 0 amide bonds. The van der Waals surface area contributed by atoms with Crippen molar-refractivity contribution in [3.05, 3.63) is 114 Å². The van der Waals surface area contributed by atoms with E-state index in [2.05, 4.69) is 21.0 Å². The van der Waals surface area contributed by atoms with Gasteiger partial charge in [-0.25, -0.2) is 9.78 Å². The van der Waals surface area contributed by atoms with Crippen molar-refractivity contribution in [2.45, 2.75) is 0 Å². The van der Waals surface area contributed by atoms with Crippen molar-refractivity contribution in [1.82, 2.24) is 24.1 Å². The maximum absolute atomic E-state index is 13.1. The summed E-state index contributed by atoms with van der Waals surface area (Å²) in [7, 11) is 1.74. The summed E-state index contributed by atoms with van der Waals surface area (Å²) in [4.78, 5) is 25.3. The molecule has 0 fully saturated rings. The first kappa shape index (κ1) is 20.7. The summed E-state index contributed by atoms with van der Waals surface area (Å²) in [6.45, 7) is 0. The van der Waals surface area contributed by atoms with Crippen molar-refractivity contribution in [3.8, 4) is 39.7 Å². The number of fused-ring (bicyclic) bond motifs is 1. The molecule has 0 saturated heterocycles. The number of nitrogens with one attached hydrogen (secondary N) is 1. The molecule has 2 aromatic carbocycles. The number of H-pyrrole nitrogens is 1. The fraction of sp³-hybridized carbons (Fsp3) is 0.0357. The van der Waals surface area contributed by atoms with Crippen LogP contribution in [0, 0.1) is 0 Å². The molecule has 35 heavy (non-hydrogen) atoms. The molecule has 0 spiro atoms. The Balaban J connectivity index is 1.42. The third kappa shape index (κ3) is 3.89. The number of pyridine rings is 2. The molecule has 0 aliphatic rings. The Morgan fingerprint density at radius 1 is 0.857 bits per heavy atom. The van der Waals surface area contributed by atoms with E-state index in [-0.39, 0.29) is 5.69 Å². The van der Waals surface area contributed by atoms with Gasteiger partial charge in [0, 0.05) is 48.9 Å². The third-order valence-corrected chi connectivity index (χ3v) is 5.86. The molecule has 6 rings (SSSR count). The lowest BCUT2D eigenvalue weighted by atomic mass is 10.1. The molecule has 0 radical (unpaired) electrons. The molecule has 4 aromatic heterocycles. The molecule has 6 aromatic rings. The zero-order valence-electron chi connectivity index (χ0n) is 18.9. The van der Waals surface area contributed by atoms with Crippen molar-refractivity contribution in [3.63, 3.8) is 0 Å². The van der Waals surface area contributed by atoms with Crippen LogP contribution in [0.15, 0.2) is 108 Å². The summed E-state index contributed by atoms with van der Waals surface area (Å²) < 4.78 is 9.20. The van der Waals surface area contributed by atoms with E-state index in [0.717, 1.165) is 27.9 Å². The molecule has 7 nitrogen and oxygen atoms in total. The summed E-state index contributed by atoms with van der Waals surface area (Å²) in [5.41, 5.74) is 4.69. The number of rotatable bonds is 5. The number of ether oxygens (including phenoxy) is 1. The highest BCUT2D eigenvalue weighted by Gasteiger charge is 2.16. The van der Waals surface area contributed by atoms with E-state index in [1.165, 1.54) is 0 Å². The van der Waals surface area contributed by atoms with Gasteiger partial charge in [-0.3, -0.25) is 9.55 Å². The van der Waals surface area contributed by atoms with Crippen LogP contribution in [0.2, 0.25) is 0 Å². The Morgan fingerprint density at radius 3 is 2.60 bits per heavy atom. The van der Waals surface area contributed by atoms with Crippen LogP contribution >= 0.6 is 0 Å². The predicted molar refractivity (Wildman–Crippen MR) is 136 cm³/mol. The van der Waals surface area contributed by atoms with Crippen LogP contribution in [0.5, 0.6) is 11.5 Å². The van der Waals surface area contributed by atoms with E-state index in [1.807, 2.05) is 85.2 Å². The monoisotopic (exact) mass is 459 g/mol. The Kier molecular flexibility index (Phi) is 5.00. The Labute approximate surface area is 200 Å². The highest BCUT2D eigenvalue weighted by molar-refractivity contribution is 5.82. The van der Waals surface area contributed by atoms with E-state index in [1.54, 1.807) is 28.6 Å². The van der Waals surface area contributed by atoms with E-state index >= 15 is 0 Å². The quantitative estimate of drug-likeness (QED) is 0.365. The van der Waals surface area contributed by atoms with E-state index in [0.29, 0.717) is 22.8 Å². The maximum atomic E-state index is 13.1. The highest BCUT2D eigenvalue weighted by atomic mass is 16.5. The van der Waals surface area contributed by atoms with Crippen LogP contribution in [0.3, 0.4) is 0 Å². The molecule has 1 N–H and O–H groups in total. The van der Waals surface area contributed by atoms with Crippen LogP contribution in [0.25, 0.3) is 39.2 Å². The van der Waals surface area contributed by atoms with Crippen LogP contribution in [-0.4, -0.2) is 24.1 Å². The number of nitrogens with zero attached hydrogens (tertiary/aromatic N) is 4. The first-order valence-corrected chi connectivity index (χ1v) is 11.2. The average molecular weight is 460 g/mol. The Bertz CT molecular complexity index is 1710. The minimum Gasteiger partial charge on any atom is -0.457 e. The number of para-hydroxylation sites is 1. The van der Waals surface area contributed by atoms with Crippen LogP contribution in [0.1, 0.15) is 0 Å². The number of hydrogen-bond acceptors (Lipinski definition) is 4. The lowest BCUT2D eigenvalue weighted by Crippen LogP contribution is -2.21. The van der Waals surface area contributed by atoms with Gasteiger partial charge in [-0.15, -0.1) is 0 Å². The van der Waals surface area contributed by atoms with E-state index in [4.69, 9.17) is 4.74 Å². The summed E-state index contributed by atoms with van der Waals surface area (Å²) in [5.74, 6) is 1.37. The second-order valence-electron chi connectivity index (χ2n) is 8.22. The van der Waals surface area contributed by atoms with Crippen molar-refractivity contribution in [2.24, 2.45) is 7.05 Å². The van der Waals surface area contributed by atoms with Crippen molar-refractivity contribution in [2.75, 3.05) is 0 Å². The number of aromatic nitrogens is 5. The number of aryl methyl sites for hydroxylation is 1. The SMILES string of the molecule is Cn1cc(-c2cc(-c3cnc4[nH]ccc4c3)ccn2)n(-c2cccc(Oc3ccccc3)c2)c1=O. The lowest BCUT2D eigenvalue weighted by Gasteiger charge is -2.11. The number of hydrogen-bond donors (Lipinski definition) is 1. The minimum absolute atomic E-state index is 0.167. The molecule has 0 aliphatic heterocycles. The fourth-order valence-corrected chi connectivity index (χ4v) is 4.15.